The number of carbonyl (C=O) groups is 1. The average molecular weight is 422 g/mol. The highest BCUT2D eigenvalue weighted by molar-refractivity contribution is 6.13. The molecule has 0 saturated heterocycles. The van der Waals surface area contributed by atoms with Gasteiger partial charge < -0.3 is 14.2 Å². The molecule has 1 aliphatic rings. The van der Waals surface area contributed by atoms with Crippen molar-refractivity contribution in [3.63, 3.8) is 0 Å². The number of alkyl halides is 3. The summed E-state index contributed by atoms with van der Waals surface area (Å²) in [5.41, 5.74) is -1.36. The predicted molar refractivity (Wildman–Crippen MR) is 98.3 cm³/mol. The van der Waals surface area contributed by atoms with Crippen molar-refractivity contribution in [1.82, 2.24) is 0 Å². The Morgan fingerprint density at radius 2 is 1.70 bits per heavy atom. The molecule has 1 heterocycles. The topological polar surface area (TPSA) is 100 Å². The van der Waals surface area contributed by atoms with E-state index in [1.54, 1.807) is 0 Å². The zero-order chi connectivity index (χ0) is 22.1. The van der Waals surface area contributed by atoms with E-state index in [1.165, 1.54) is 20.3 Å². The van der Waals surface area contributed by atoms with Crippen LogP contribution < -0.4 is 9.47 Å². The molecule has 1 aliphatic heterocycles. The smallest absolute Gasteiger partial charge is 0.416 e. The average Bonchev–Trinajstić information content (AvgIpc) is 3.07. The normalized spacial score (nSPS) is 15.0. The molecule has 0 aromatic heterocycles. The van der Waals surface area contributed by atoms with Gasteiger partial charge in [-0.2, -0.15) is 13.2 Å². The van der Waals surface area contributed by atoms with E-state index in [9.17, 15) is 28.1 Å². The molecule has 156 valence electrons. The van der Waals surface area contributed by atoms with Gasteiger partial charge >= 0.3 is 12.1 Å². The standard InChI is InChI=1S/C19H13F3N2O6/c1-28-15-8-11(14(24(26)27)9-16(15)29-2)7-13-18(25)30-17(23-13)10-3-5-12(6-4-10)19(20,21)22/h3-9H,1-2H3/b13-7+. The molecule has 0 amide bonds. The largest absolute Gasteiger partial charge is 0.493 e. The summed E-state index contributed by atoms with van der Waals surface area (Å²) in [6.45, 7) is 0. The second-order valence-electron chi connectivity index (χ2n) is 5.93. The van der Waals surface area contributed by atoms with E-state index in [0.29, 0.717) is 0 Å². The number of carbonyl (C=O) groups excluding carboxylic acids is 1. The van der Waals surface area contributed by atoms with Gasteiger partial charge in [0.1, 0.15) is 0 Å². The Labute approximate surface area is 167 Å². The van der Waals surface area contributed by atoms with Gasteiger partial charge in [-0.15, -0.1) is 0 Å². The monoisotopic (exact) mass is 422 g/mol. The summed E-state index contributed by atoms with van der Waals surface area (Å²) in [6.07, 6.45) is -3.39. The molecule has 0 bridgehead atoms. The van der Waals surface area contributed by atoms with Crippen LogP contribution >= 0.6 is 0 Å². The lowest BCUT2D eigenvalue weighted by atomic mass is 10.1. The van der Waals surface area contributed by atoms with Gasteiger partial charge in [0.25, 0.3) is 5.69 Å². The van der Waals surface area contributed by atoms with Gasteiger partial charge in [0.2, 0.25) is 5.90 Å². The number of hydrogen-bond acceptors (Lipinski definition) is 7. The van der Waals surface area contributed by atoms with Crippen LogP contribution in [0.2, 0.25) is 0 Å². The van der Waals surface area contributed by atoms with Gasteiger partial charge in [0.05, 0.1) is 36.3 Å². The van der Waals surface area contributed by atoms with Gasteiger partial charge in [-0.05, 0) is 36.4 Å². The molecule has 0 fully saturated rings. The number of esters is 1. The summed E-state index contributed by atoms with van der Waals surface area (Å²) in [7, 11) is 2.65. The number of hydrogen-bond donors (Lipinski definition) is 0. The second kappa shape index (κ2) is 7.85. The number of nitro benzene ring substituents is 1. The van der Waals surface area contributed by atoms with E-state index >= 15 is 0 Å². The third kappa shape index (κ3) is 4.09. The number of nitro groups is 1. The minimum atomic E-state index is -4.51. The molecule has 0 N–H and O–H groups in total. The summed E-state index contributed by atoms with van der Waals surface area (Å²) in [5, 5.41) is 11.4. The number of benzene rings is 2. The van der Waals surface area contributed by atoms with Crippen LogP contribution in [0.15, 0.2) is 47.1 Å². The van der Waals surface area contributed by atoms with Gasteiger partial charge in [0.15, 0.2) is 17.2 Å². The lowest BCUT2D eigenvalue weighted by molar-refractivity contribution is -0.385. The van der Waals surface area contributed by atoms with Crippen LogP contribution in [0.1, 0.15) is 16.7 Å². The summed E-state index contributed by atoms with van der Waals surface area (Å²) >= 11 is 0. The fourth-order valence-electron chi connectivity index (χ4n) is 2.64. The molecule has 0 aliphatic carbocycles. The van der Waals surface area contributed by atoms with Gasteiger partial charge in [-0.1, -0.05) is 0 Å². The van der Waals surface area contributed by atoms with Crippen LogP contribution in [-0.2, 0) is 15.7 Å². The first-order valence-corrected chi connectivity index (χ1v) is 8.24. The third-order valence-electron chi connectivity index (χ3n) is 4.10. The highest BCUT2D eigenvalue weighted by Crippen LogP contribution is 2.36. The van der Waals surface area contributed by atoms with Crippen LogP contribution in [0.25, 0.3) is 6.08 Å². The number of ether oxygens (including phenoxy) is 3. The van der Waals surface area contributed by atoms with Crippen molar-refractivity contribution in [3.8, 4) is 11.5 Å². The highest BCUT2D eigenvalue weighted by Gasteiger charge is 2.31. The molecule has 8 nitrogen and oxygen atoms in total. The number of nitrogens with zero attached hydrogens (tertiary/aromatic N) is 2. The maximum absolute atomic E-state index is 12.7. The van der Waals surface area contributed by atoms with E-state index in [1.807, 2.05) is 0 Å². The number of rotatable bonds is 5. The van der Waals surface area contributed by atoms with Crippen LogP contribution in [0.5, 0.6) is 11.5 Å². The van der Waals surface area contributed by atoms with Gasteiger partial charge in [-0.25, -0.2) is 9.79 Å². The molecule has 3 rings (SSSR count). The van der Waals surface area contributed by atoms with Crippen molar-refractivity contribution in [2.24, 2.45) is 4.99 Å². The summed E-state index contributed by atoms with van der Waals surface area (Å²) in [6, 6.07) is 6.29. The molecular formula is C19H13F3N2O6. The number of cyclic esters (lactones) is 1. The highest BCUT2D eigenvalue weighted by atomic mass is 19.4. The van der Waals surface area contributed by atoms with Crippen molar-refractivity contribution in [3.05, 3.63) is 68.9 Å². The Kier molecular flexibility index (Phi) is 5.45. The Balaban J connectivity index is 2.01. The first-order chi connectivity index (χ1) is 14.1. The Morgan fingerprint density at radius 3 is 2.23 bits per heavy atom. The fourth-order valence-corrected chi connectivity index (χ4v) is 2.64. The lowest BCUT2D eigenvalue weighted by Crippen LogP contribution is -2.08. The van der Waals surface area contributed by atoms with E-state index in [2.05, 4.69) is 4.99 Å². The van der Waals surface area contributed by atoms with Crippen LogP contribution in [0.4, 0.5) is 18.9 Å². The maximum Gasteiger partial charge on any atom is 0.416 e. The van der Waals surface area contributed by atoms with Crippen molar-refractivity contribution in [2.75, 3.05) is 14.2 Å². The van der Waals surface area contributed by atoms with E-state index in [0.717, 1.165) is 36.4 Å². The molecule has 0 saturated carbocycles. The minimum Gasteiger partial charge on any atom is -0.493 e. The molecular weight excluding hydrogens is 409 g/mol. The van der Waals surface area contributed by atoms with Crippen molar-refractivity contribution in [1.29, 1.82) is 0 Å². The predicted octanol–water partition coefficient (Wildman–Crippen LogP) is 3.98. The van der Waals surface area contributed by atoms with Gasteiger partial charge in [0, 0.05) is 5.56 Å². The zero-order valence-electron chi connectivity index (χ0n) is 15.5. The Bertz CT molecular complexity index is 1070. The van der Waals surface area contributed by atoms with Crippen molar-refractivity contribution < 1.29 is 37.1 Å². The van der Waals surface area contributed by atoms with Crippen molar-refractivity contribution in [2.45, 2.75) is 6.18 Å². The first-order valence-electron chi connectivity index (χ1n) is 8.24. The quantitative estimate of drug-likeness (QED) is 0.313. The second-order valence-corrected chi connectivity index (χ2v) is 5.93. The van der Waals surface area contributed by atoms with Crippen LogP contribution in [0, 0.1) is 10.1 Å². The molecule has 0 atom stereocenters. The Morgan fingerprint density at radius 1 is 1.10 bits per heavy atom. The molecule has 0 radical (unpaired) electrons. The molecule has 2 aromatic rings. The summed E-state index contributed by atoms with van der Waals surface area (Å²) in [4.78, 5) is 26.8. The molecule has 0 unspecified atom stereocenters. The molecule has 11 heteroatoms. The SMILES string of the molecule is COc1cc(/C=C2/N=C(c3ccc(C(F)(F)F)cc3)OC2=O)c([N+](=O)[O-])cc1OC. The van der Waals surface area contributed by atoms with Crippen LogP contribution in [-0.4, -0.2) is 31.0 Å². The van der Waals surface area contributed by atoms with Gasteiger partial charge in [-0.3, -0.25) is 10.1 Å². The van der Waals surface area contributed by atoms with Crippen LogP contribution in [0.3, 0.4) is 0 Å². The number of methoxy groups -OCH3 is 2. The third-order valence-corrected chi connectivity index (χ3v) is 4.10. The fraction of sp³-hybridized carbons (Fsp3) is 0.158. The number of aliphatic imine (C=N–C) groups is 1. The first kappa shape index (κ1) is 20.8. The van der Waals surface area contributed by atoms with E-state index in [4.69, 9.17) is 14.2 Å². The van der Waals surface area contributed by atoms with E-state index in [-0.39, 0.29) is 39.9 Å². The van der Waals surface area contributed by atoms with Crippen molar-refractivity contribution >= 4 is 23.6 Å². The summed E-state index contributed by atoms with van der Waals surface area (Å²) < 4.78 is 53.2. The molecule has 30 heavy (non-hydrogen) atoms. The minimum absolute atomic E-state index is 0.00187. The maximum atomic E-state index is 12.7. The number of halogens is 3. The Hall–Kier alpha value is -3.89. The molecule has 0 spiro atoms. The van der Waals surface area contributed by atoms with E-state index < -0.39 is 22.6 Å². The molecule has 2 aromatic carbocycles. The lowest BCUT2D eigenvalue weighted by Gasteiger charge is -2.08. The zero-order valence-corrected chi connectivity index (χ0v) is 15.5. The summed E-state index contributed by atoms with van der Waals surface area (Å²) in [5.74, 6) is -0.820.